The minimum absolute atomic E-state index is 0.00719. The summed E-state index contributed by atoms with van der Waals surface area (Å²) in [5.41, 5.74) is 5.85. The van der Waals surface area contributed by atoms with Crippen molar-refractivity contribution in [3.8, 4) is 0 Å². The molecule has 0 saturated carbocycles. The lowest BCUT2D eigenvalue weighted by molar-refractivity contribution is 0.484. The van der Waals surface area contributed by atoms with E-state index in [1.54, 1.807) is 18.2 Å². The van der Waals surface area contributed by atoms with Crippen molar-refractivity contribution in [2.75, 3.05) is 4.72 Å². The van der Waals surface area contributed by atoms with Crippen LogP contribution in [0.2, 0.25) is 0 Å². The van der Waals surface area contributed by atoms with Crippen LogP contribution in [0.5, 0.6) is 0 Å². The molecule has 0 saturated heterocycles. The van der Waals surface area contributed by atoms with E-state index < -0.39 is 10.0 Å². The first kappa shape index (κ1) is 16.0. The van der Waals surface area contributed by atoms with Crippen molar-refractivity contribution in [3.05, 3.63) is 43.6 Å². The van der Waals surface area contributed by atoms with Gasteiger partial charge in [0.25, 0.3) is 10.0 Å². The molecular weight excluding hydrogens is 480 g/mol. The molecule has 9 heteroatoms. The molecule has 0 bridgehead atoms. The van der Waals surface area contributed by atoms with Gasteiger partial charge in [0.05, 0.1) is 12.2 Å². The Morgan fingerprint density at radius 1 is 1.20 bits per heavy atom. The summed E-state index contributed by atoms with van der Waals surface area (Å²) in [5, 5.41) is 0. The molecule has 0 amide bonds. The van der Waals surface area contributed by atoms with Crippen LogP contribution in [-0.4, -0.2) is 8.42 Å². The number of benzene rings is 1. The number of nitrogens with two attached hydrogens (primary N) is 1. The number of anilines is 1. The van der Waals surface area contributed by atoms with Crippen LogP contribution < -0.4 is 10.5 Å². The van der Waals surface area contributed by atoms with E-state index in [1.165, 1.54) is 6.07 Å². The zero-order chi connectivity index (χ0) is 14.9. The molecular formula is C11H9Br3N2O3S. The minimum Gasteiger partial charge on any atom is -0.452 e. The molecule has 0 aliphatic carbocycles. The van der Waals surface area contributed by atoms with Crippen molar-refractivity contribution >= 4 is 63.5 Å². The quantitative estimate of drug-likeness (QED) is 0.685. The number of hydrogen-bond acceptors (Lipinski definition) is 4. The van der Waals surface area contributed by atoms with Crippen LogP contribution in [0.15, 0.2) is 47.2 Å². The van der Waals surface area contributed by atoms with Crippen LogP contribution in [0, 0.1) is 0 Å². The highest BCUT2D eigenvalue weighted by molar-refractivity contribution is 9.11. The summed E-state index contributed by atoms with van der Waals surface area (Å²) in [6.07, 6.45) is 0. The molecule has 108 valence electrons. The average Bonchev–Trinajstić information content (AvgIpc) is 2.75. The van der Waals surface area contributed by atoms with Gasteiger partial charge in [-0.3, -0.25) is 4.72 Å². The van der Waals surface area contributed by atoms with E-state index in [0.29, 0.717) is 15.9 Å². The van der Waals surface area contributed by atoms with Crippen molar-refractivity contribution in [2.45, 2.75) is 11.4 Å². The molecule has 0 unspecified atom stereocenters. The minimum atomic E-state index is -3.76. The monoisotopic (exact) mass is 486 g/mol. The highest BCUT2D eigenvalue weighted by atomic mass is 79.9. The van der Waals surface area contributed by atoms with Crippen LogP contribution in [0.1, 0.15) is 5.76 Å². The van der Waals surface area contributed by atoms with Crippen molar-refractivity contribution in [2.24, 2.45) is 5.73 Å². The molecule has 3 N–H and O–H groups in total. The maximum Gasteiger partial charge on any atom is 0.266 e. The SMILES string of the molecule is NCc1cc(S(=O)(=O)Nc2ccc(Br)cc2Br)c(Br)o1. The second kappa shape index (κ2) is 6.18. The van der Waals surface area contributed by atoms with Crippen LogP contribution in [0.25, 0.3) is 0 Å². The van der Waals surface area contributed by atoms with Gasteiger partial charge in [-0.05, 0) is 50.1 Å². The Balaban J connectivity index is 2.38. The van der Waals surface area contributed by atoms with Gasteiger partial charge < -0.3 is 10.2 Å². The topological polar surface area (TPSA) is 85.3 Å². The lowest BCUT2D eigenvalue weighted by Crippen LogP contribution is -2.13. The van der Waals surface area contributed by atoms with E-state index in [0.717, 1.165) is 4.47 Å². The van der Waals surface area contributed by atoms with Gasteiger partial charge in [-0.1, -0.05) is 15.9 Å². The Bertz CT molecular complexity index is 743. The molecule has 2 aromatic rings. The molecule has 0 atom stereocenters. The lowest BCUT2D eigenvalue weighted by Gasteiger charge is -2.08. The van der Waals surface area contributed by atoms with Crippen LogP contribution in [0.4, 0.5) is 5.69 Å². The van der Waals surface area contributed by atoms with E-state index >= 15 is 0 Å². The summed E-state index contributed by atoms with van der Waals surface area (Å²) in [5.74, 6) is 0.382. The second-order valence-electron chi connectivity index (χ2n) is 3.78. The summed E-state index contributed by atoms with van der Waals surface area (Å²) >= 11 is 9.68. The van der Waals surface area contributed by atoms with Crippen LogP contribution in [0.3, 0.4) is 0 Å². The first-order valence-corrected chi connectivity index (χ1v) is 9.16. The molecule has 0 aliphatic rings. The highest BCUT2D eigenvalue weighted by Gasteiger charge is 2.23. The highest BCUT2D eigenvalue weighted by Crippen LogP contribution is 2.31. The Kier molecular flexibility index (Phi) is 4.96. The van der Waals surface area contributed by atoms with Crippen LogP contribution >= 0.6 is 47.8 Å². The van der Waals surface area contributed by atoms with E-state index in [9.17, 15) is 8.42 Å². The normalized spacial score (nSPS) is 11.6. The maximum absolute atomic E-state index is 12.3. The molecule has 0 aliphatic heterocycles. The third kappa shape index (κ3) is 3.45. The molecule has 1 aromatic carbocycles. The second-order valence-corrected chi connectivity index (χ2v) is 7.93. The fourth-order valence-electron chi connectivity index (χ4n) is 1.45. The Labute approximate surface area is 141 Å². The van der Waals surface area contributed by atoms with Crippen molar-refractivity contribution < 1.29 is 12.8 Å². The molecule has 0 fully saturated rings. The molecule has 20 heavy (non-hydrogen) atoms. The first-order valence-electron chi connectivity index (χ1n) is 5.29. The predicted molar refractivity (Wildman–Crippen MR) is 86.9 cm³/mol. The van der Waals surface area contributed by atoms with Gasteiger partial charge in [0, 0.05) is 15.0 Å². The number of sulfonamides is 1. The van der Waals surface area contributed by atoms with Crippen molar-refractivity contribution in [1.82, 2.24) is 0 Å². The molecule has 0 radical (unpaired) electrons. The maximum atomic E-state index is 12.3. The third-order valence-electron chi connectivity index (χ3n) is 2.37. The largest absolute Gasteiger partial charge is 0.452 e. The lowest BCUT2D eigenvalue weighted by atomic mass is 10.3. The van der Waals surface area contributed by atoms with Crippen LogP contribution in [-0.2, 0) is 16.6 Å². The van der Waals surface area contributed by atoms with Crippen molar-refractivity contribution in [1.29, 1.82) is 0 Å². The Morgan fingerprint density at radius 3 is 2.45 bits per heavy atom. The number of furan rings is 1. The molecule has 2 rings (SSSR count). The van der Waals surface area contributed by atoms with E-state index in [2.05, 4.69) is 52.5 Å². The molecule has 5 nitrogen and oxygen atoms in total. The number of halogens is 3. The fourth-order valence-corrected chi connectivity index (χ4v) is 4.81. The summed E-state index contributed by atoms with van der Waals surface area (Å²) in [7, 11) is -3.76. The van der Waals surface area contributed by atoms with E-state index in [1.807, 2.05) is 0 Å². The van der Waals surface area contributed by atoms with Gasteiger partial charge in [-0.2, -0.15) is 0 Å². The Morgan fingerprint density at radius 2 is 1.90 bits per heavy atom. The van der Waals surface area contributed by atoms with Crippen molar-refractivity contribution in [3.63, 3.8) is 0 Å². The number of rotatable bonds is 4. The first-order chi connectivity index (χ1) is 9.33. The fraction of sp³-hybridized carbons (Fsp3) is 0.0909. The Hall–Kier alpha value is -0.350. The zero-order valence-electron chi connectivity index (χ0n) is 9.86. The number of nitrogens with one attached hydrogen (secondary N) is 1. The summed E-state index contributed by atoms with van der Waals surface area (Å²) in [4.78, 5) is 0.00719. The van der Waals surface area contributed by atoms with Gasteiger partial charge in [0.1, 0.15) is 10.7 Å². The third-order valence-corrected chi connectivity index (χ3v) is 5.74. The molecule has 0 spiro atoms. The van der Waals surface area contributed by atoms with Gasteiger partial charge >= 0.3 is 0 Å². The van der Waals surface area contributed by atoms with E-state index in [4.69, 9.17) is 10.2 Å². The average molecular weight is 489 g/mol. The van der Waals surface area contributed by atoms with Gasteiger partial charge in [0.2, 0.25) is 0 Å². The zero-order valence-corrected chi connectivity index (χ0v) is 15.4. The predicted octanol–water partition coefficient (Wildman–Crippen LogP) is 3.83. The smallest absolute Gasteiger partial charge is 0.266 e. The standard InChI is InChI=1S/C11H9Br3N2O3S/c12-6-1-2-9(8(13)3-6)16-20(17,18)10-4-7(5-15)19-11(10)14/h1-4,16H,5,15H2. The summed E-state index contributed by atoms with van der Waals surface area (Å²) in [6, 6.07) is 6.51. The number of hydrogen-bond donors (Lipinski definition) is 2. The van der Waals surface area contributed by atoms with Gasteiger partial charge in [-0.25, -0.2) is 8.42 Å². The summed E-state index contributed by atoms with van der Waals surface area (Å²) < 4.78 is 33.9. The van der Waals surface area contributed by atoms with Gasteiger partial charge in [0.15, 0.2) is 4.67 Å². The van der Waals surface area contributed by atoms with E-state index in [-0.39, 0.29) is 16.1 Å². The summed E-state index contributed by atoms with van der Waals surface area (Å²) in [6.45, 7) is 0.121. The molecule has 1 heterocycles. The van der Waals surface area contributed by atoms with Gasteiger partial charge in [-0.15, -0.1) is 0 Å². The molecule has 1 aromatic heterocycles.